The topological polar surface area (TPSA) is 55.8 Å². The van der Waals surface area contributed by atoms with Crippen molar-refractivity contribution in [1.82, 2.24) is 4.90 Å². The van der Waals surface area contributed by atoms with Crippen LogP contribution in [0.5, 0.6) is 5.75 Å². The molecule has 0 bridgehead atoms. The highest BCUT2D eigenvalue weighted by atomic mass is 79.9. The molecule has 6 heteroatoms. The first-order valence-electron chi connectivity index (χ1n) is 9.42. The van der Waals surface area contributed by atoms with Crippen LogP contribution in [0.4, 0.5) is 0 Å². The normalized spacial score (nSPS) is 10.4. The highest BCUT2D eigenvalue weighted by Gasteiger charge is 2.17. The average Bonchev–Trinajstić information content (AvgIpc) is 2.70. The van der Waals surface area contributed by atoms with Crippen LogP contribution in [-0.2, 0) is 27.3 Å². The molecule has 0 saturated heterocycles. The van der Waals surface area contributed by atoms with Gasteiger partial charge < -0.3 is 14.4 Å². The third-order valence-electron chi connectivity index (χ3n) is 4.22. The number of amides is 1. The maximum Gasteiger partial charge on any atom is 0.307 e. The van der Waals surface area contributed by atoms with Crippen LogP contribution >= 0.6 is 15.9 Å². The molecule has 0 saturated carbocycles. The summed E-state index contributed by atoms with van der Waals surface area (Å²) >= 11 is 3.48. The molecule has 150 valence electrons. The molecule has 0 atom stereocenters. The Kier molecular flexibility index (Phi) is 9.01. The van der Waals surface area contributed by atoms with Gasteiger partial charge in [-0.15, -0.1) is 0 Å². The van der Waals surface area contributed by atoms with Crippen molar-refractivity contribution in [2.45, 2.75) is 33.2 Å². The van der Waals surface area contributed by atoms with Gasteiger partial charge in [-0.1, -0.05) is 43.3 Å². The van der Waals surface area contributed by atoms with E-state index in [4.69, 9.17) is 9.47 Å². The van der Waals surface area contributed by atoms with E-state index < -0.39 is 0 Å². The van der Waals surface area contributed by atoms with Gasteiger partial charge in [0.15, 0.2) is 6.61 Å². The van der Waals surface area contributed by atoms with E-state index in [0.29, 0.717) is 18.9 Å². The van der Waals surface area contributed by atoms with E-state index in [9.17, 15) is 9.59 Å². The van der Waals surface area contributed by atoms with Crippen molar-refractivity contribution >= 4 is 27.8 Å². The van der Waals surface area contributed by atoms with E-state index in [2.05, 4.69) is 22.9 Å². The fourth-order valence-corrected chi connectivity index (χ4v) is 3.21. The van der Waals surface area contributed by atoms with Gasteiger partial charge in [0.25, 0.3) is 5.91 Å². The third kappa shape index (κ3) is 7.00. The van der Waals surface area contributed by atoms with Gasteiger partial charge in [-0.25, -0.2) is 0 Å². The Morgan fingerprint density at radius 3 is 2.43 bits per heavy atom. The van der Waals surface area contributed by atoms with E-state index in [1.807, 2.05) is 48.5 Å². The van der Waals surface area contributed by atoms with E-state index in [1.54, 1.807) is 11.8 Å². The van der Waals surface area contributed by atoms with Crippen molar-refractivity contribution in [2.24, 2.45) is 0 Å². The predicted molar refractivity (Wildman–Crippen MR) is 112 cm³/mol. The van der Waals surface area contributed by atoms with E-state index in [-0.39, 0.29) is 31.4 Å². The van der Waals surface area contributed by atoms with Crippen molar-refractivity contribution in [3.8, 4) is 5.75 Å². The molecular weight excluding hydrogens is 422 g/mol. The molecule has 0 N–H and O–H groups in total. The minimum Gasteiger partial charge on any atom is -0.483 e. The number of hydrogen-bond donors (Lipinski definition) is 0. The highest BCUT2D eigenvalue weighted by molar-refractivity contribution is 9.10. The number of carbonyl (C=O) groups is 2. The van der Waals surface area contributed by atoms with Crippen LogP contribution in [0, 0.1) is 0 Å². The molecule has 0 heterocycles. The zero-order chi connectivity index (χ0) is 20.4. The number of nitrogens with zero attached hydrogens (tertiary/aromatic N) is 1. The van der Waals surface area contributed by atoms with Crippen LogP contribution in [0.15, 0.2) is 53.0 Å². The summed E-state index contributed by atoms with van der Waals surface area (Å²) < 4.78 is 11.5. The lowest BCUT2D eigenvalue weighted by Crippen LogP contribution is -2.36. The van der Waals surface area contributed by atoms with Crippen LogP contribution in [0.3, 0.4) is 0 Å². The minimum absolute atomic E-state index is 0.0975. The Bertz CT molecular complexity index is 779. The molecule has 0 aliphatic heterocycles. The molecule has 0 aliphatic carbocycles. The molecule has 2 aromatic carbocycles. The lowest BCUT2D eigenvalue weighted by molar-refractivity contribution is -0.144. The quantitative estimate of drug-likeness (QED) is 0.507. The van der Waals surface area contributed by atoms with Gasteiger partial charge in [0, 0.05) is 13.1 Å². The molecule has 0 fully saturated rings. The van der Waals surface area contributed by atoms with Gasteiger partial charge >= 0.3 is 5.97 Å². The van der Waals surface area contributed by atoms with Crippen molar-refractivity contribution < 1.29 is 19.1 Å². The minimum atomic E-state index is -0.313. The maximum absolute atomic E-state index is 12.8. The van der Waals surface area contributed by atoms with Crippen molar-refractivity contribution in [1.29, 1.82) is 0 Å². The summed E-state index contributed by atoms with van der Waals surface area (Å²) in [6.45, 7) is 4.78. The molecule has 0 unspecified atom stereocenters. The number of rotatable bonds is 10. The Balaban J connectivity index is 2.01. The second-order valence-electron chi connectivity index (χ2n) is 6.26. The number of hydrogen-bond acceptors (Lipinski definition) is 4. The second-order valence-corrected chi connectivity index (χ2v) is 7.12. The summed E-state index contributed by atoms with van der Waals surface area (Å²) in [6.07, 6.45) is 1.08. The predicted octanol–water partition coefficient (Wildman–Crippen LogP) is 4.37. The molecular formula is C22H26BrNO4. The summed E-state index contributed by atoms with van der Waals surface area (Å²) in [5.41, 5.74) is 2.18. The molecule has 2 rings (SSSR count). The van der Waals surface area contributed by atoms with Crippen molar-refractivity contribution in [3.05, 3.63) is 64.1 Å². The lowest BCUT2D eigenvalue weighted by Gasteiger charge is -2.23. The lowest BCUT2D eigenvalue weighted by atomic mass is 10.2. The Morgan fingerprint density at radius 1 is 1.04 bits per heavy atom. The van der Waals surface area contributed by atoms with Crippen LogP contribution < -0.4 is 4.74 Å². The van der Waals surface area contributed by atoms with Gasteiger partial charge in [-0.3, -0.25) is 9.59 Å². The summed E-state index contributed by atoms with van der Waals surface area (Å²) in [5.74, 6) is 0.127. The standard InChI is InChI=1S/C22H26BrNO4/c1-3-17-10-11-20(19(23)14-17)28-16-21(25)24(13-12-22(26)27-4-2)15-18-8-6-5-7-9-18/h5-11,14H,3-4,12-13,15-16H2,1-2H3. The van der Waals surface area contributed by atoms with Crippen LogP contribution in [0.25, 0.3) is 0 Å². The van der Waals surface area contributed by atoms with E-state index >= 15 is 0 Å². The smallest absolute Gasteiger partial charge is 0.307 e. The largest absolute Gasteiger partial charge is 0.483 e. The van der Waals surface area contributed by atoms with Crippen LogP contribution in [0.1, 0.15) is 31.4 Å². The number of benzene rings is 2. The highest BCUT2D eigenvalue weighted by Crippen LogP contribution is 2.26. The van der Waals surface area contributed by atoms with Gasteiger partial charge in [0.1, 0.15) is 5.75 Å². The maximum atomic E-state index is 12.8. The summed E-state index contributed by atoms with van der Waals surface area (Å²) in [7, 11) is 0. The van der Waals surface area contributed by atoms with Crippen LogP contribution in [0.2, 0.25) is 0 Å². The molecule has 0 aliphatic rings. The van der Waals surface area contributed by atoms with Gasteiger partial charge in [-0.2, -0.15) is 0 Å². The third-order valence-corrected chi connectivity index (χ3v) is 4.84. The Labute approximate surface area is 174 Å². The van der Waals surface area contributed by atoms with Gasteiger partial charge in [0.2, 0.25) is 0 Å². The number of halogens is 1. The first kappa shape index (κ1) is 22.0. The molecule has 2 aromatic rings. The summed E-state index contributed by atoms with van der Waals surface area (Å²) in [4.78, 5) is 26.1. The summed E-state index contributed by atoms with van der Waals surface area (Å²) in [5, 5.41) is 0. The second kappa shape index (κ2) is 11.5. The molecule has 5 nitrogen and oxygen atoms in total. The van der Waals surface area contributed by atoms with Gasteiger partial charge in [0.05, 0.1) is 17.5 Å². The first-order chi connectivity index (χ1) is 13.5. The average molecular weight is 448 g/mol. The zero-order valence-electron chi connectivity index (χ0n) is 16.3. The number of aryl methyl sites for hydroxylation is 1. The SMILES string of the molecule is CCOC(=O)CCN(Cc1ccccc1)C(=O)COc1ccc(CC)cc1Br. The number of carbonyl (C=O) groups excluding carboxylic acids is 2. The van der Waals surface area contributed by atoms with Crippen LogP contribution in [-0.4, -0.2) is 36.5 Å². The van der Waals surface area contributed by atoms with Crippen molar-refractivity contribution in [2.75, 3.05) is 19.8 Å². The molecule has 1 amide bonds. The zero-order valence-corrected chi connectivity index (χ0v) is 17.9. The Morgan fingerprint density at radius 2 is 1.79 bits per heavy atom. The summed E-state index contributed by atoms with van der Waals surface area (Å²) in [6, 6.07) is 15.5. The van der Waals surface area contributed by atoms with E-state index in [0.717, 1.165) is 16.5 Å². The van der Waals surface area contributed by atoms with E-state index in [1.165, 1.54) is 5.56 Å². The molecule has 0 aromatic heterocycles. The monoisotopic (exact) mass is 447 g/mol. The molecule has 0 radical (unpaired) electrons. The number of ether oxygens (including phenoxy) is 2. The first-order valence-corrected chi connectivity index (χ1v) is 10.2. The van der Waals surface area contributed by atoms with Gasteiger partial charge in [-0.05, 0) is 52.5 Å². The fraction of sp³-hybridized carbons (Fsp3) is 0.364. The molecule has 0 spiro atoms. The molecule has 28 heavy (non-hydrogen) atoms. The fourth-order valence-electron chi connectivity index (χ4n) is 2.67. The number of esters is 1. The van der Waals surface area contributed by atoms with Crippen molar-refractivity contribution in [3.63, 3.8) is 0 Å². The Hall–Kier alpha value is -2.34.